The van der Waals surface area contributed by atoms with Gasteiger partial charge in [-0.05, 0) is 18.2 Å². The van der Waals surface area contributed by atoms with E-state index in [0.717, 1.165) is 0 Å². The molecule has 19 heavy (non-hydrogen) atoms. The monoisotopic (exact) mass is 281 g/mol. The van der Waals surface area contributed by atoms with Crippen molar-refractivity contribution in [3.05, 3.63) is 34.9 Å². The minimum atomic E-state index is -1.16. The number of nitrogens with zero attached hydrogens (tertiary/aromatic N) is 3. The summed E-state index contributed by atoms with van der Waals surface area (Å²) in [6.07, 6.45) is 0.559. The van der Waals surface area contributed by atoms with Gasteiger partial charge in [-0.2, -0.15) is 0 Å². The number of ether oxygens (including phenoxy) is 1. The van der Waals surface area contributed by atoms with Crippen LogP contribution in [0.25, 0.3) is 5.69 Å². The Hall–Kier alpha value is -2.08. The Bertz CT molecular complexity index is 625. The smallest absolute Gasteiger partial charge is 0.375 e. The fraction of sp³-hybridized carbons (Fsp3) is 0.250. The van der Waals surface area contributed by atoms with E-state index in [4.69, 9.17) is 21.4 Å². The first-order chi connectivity index (χ1) is 9.06. The van der Waals surface area contributed by atoms with Crippen molar-refractivity contribution in [2.45, 2.75) is 13.3 Å². The molecule has 0 aliphatic rings. The Morgan fingerprint density at radius 3 is 2.79 bits per heavy atom. The van der Waals surface area contributed by atoms with Crippen molar-refractivity contribution in [1.82, 2.24) is 14.8 Å². The summed E-state index contributed by atoms with van der Waals surface area (Å²) in [4.78, 5) is 14.9. The molecule has 6 nitrogen and oxygen atoms in total. The number of hydrogen-bond donors (Lipinski definition) is 1. The summed E-state index contributed by atoms with van der Waals surface area (Å²) in [5.41, 5.74) is 0.641. The average molecular weight is 282 g/mol. The fourth-order valence-corrected chi connectivity index (χ4v) is 1.91. The molecule has 0 aliphatic heterocycles. The molecule has 0 fully saturated rings. The summed E-state index contributed by atoms with van der Waals surface area (Å²) in [7, 11) is 1.52. The highest BCUT2D eigenvalue weighted by molar-refractivity contribution is 6.32. The van der Waals surface area contributed by atoms with Crippen LogP contribution in [0.15, 0.2) is 18.2 Å². The maximum Gasteiger partial charge on any atom is 0.375 e. The van der Waals surface area contributed by atoms with E-state index in [-0.39, 0.29) is 5.82 Å². The lowest BCUT2D eigenvalue weighted by molar-refractivity contribution is 0.0683. The number of methoxy groups -OCH3 is 1. The normalized spacial score (nSPS) is 10.5. The number of halogens is 1. The van der Waals surface area contributed by atoms with Gasteiger partial charge in [0.15, 0.2) is 0 Å². The number of carboxylic acid groups (broad SMARTS) is 1. The predicted molar refractivity (Wildman–Crippen MR) is 69.3 cm³/mol. The molecule has 1 aromatic heterocycles. The van der Waals surface area contributed by atoms with Gasteiger partial charge in [0.25, 0.3) is 5.82 Å². The number of carboxylic acids is 1. The number of aromatic nitrogens is 3. The number of carbonyl (C=O) groups is 1. The van der Waals surface area contributed by atoms with Crippen LogP contribution in [0, 0.1) is 0 Å². The third-order valence-electron chi connectivity index (χ3n) is 2.56. The highest BCUT2D eigenvalue weighted by Crippen LogP contribution is 2.26. The molecular weight excluding hydrogens is 270 g/mol. The van der Waals surface area contributed by atoms with Crippen LogP contribution in [0.3, 0.4) is 0 Å². The molecule has 2 rings (SSSR count). The SMILES string of the molecule is CCc1nc(C(=O)O)nn1-c1ccc(OC)c(Cl)c1. The Morgan fingerprint density at radius 2 is 2.26 bits per heavy atom. The summed E-state index contributed by atoms with van der Waals surface area (Å²) < 4.78 is 6.53. The standard InChI is InChI=1S/C12H12ClN3O3/c1-3-10-14-11(12(17)18)15-16(10)7-4-5-9(19-2)8(13)6-7/h4-6H,3H2,1-2H3,(H,17,18). The van der Waals surface area contributed by atoms with E-state index in [2.05, 4.69) is 10.1 Å². The number of hydrogen-bond acceptors (Lipinski definition) is 4. The third kappa shape index (κ3) is 2.53. The molecular formula is C12H12ClN3O3. The van der Waals surface area contributed by atoms with Crippen LogP contribution in [-0.2, 0) is 6.42 Å². The minimum Gasteiger partial charge on any atom is -0.495 e. The van der Waals surface area contributed by atoms with Crippen molar-refractivity contribution < 1.29 is 14.6 Å². The second kappa shape index (κ2) is 5.27. The van der Waals surface area contributed by atoms with Gasteiger partial charge < -0.3 is 9.84 Å². The van der Waals surface area contributed by atoms with Crippen molar-refractivity contribution in [1.29, 1.82) is 0 Å². The molecule has 0 saturated carbocycles. The van der Waals surface area contributed by atoms with Crippen LogP contribution >= 0.6 is 11.6 Å². The van der Waals surface area contributed by atoms with Gasteiger partial charge in [0.2, 0.25) is 0 Å². The zero-order valence-corrected chi connectivity index (χ0v) is 11.2. The number of benzene rings is 1. The first-order valence-corrected chi connectivity index (χ1v) is 5.97. The van der Waals surface area contributed by atoms with Crippen molar-refractivity contribution in [2.24, 2.45) is 0 Å². The van der Waals surface area contributed by atoms with Gasteiger partial charge in [-0.1, -0.05) is 18.5 Å². The number of aromatic carboxylic acids is 1. The van der Waals surface area contributed by atoms with E-state index in [0.29, 0.717) is 28.7 Å². The zero-order valence-electron chi connectivity index (χ0n) is 10.4. The van der Waals surface area contributed by atoms with Crippen molar-refractivity contribution in [3.8, 4) is 11.4 Å². The van der Waals surface area contributed by atoms with Gasteiger partial charge in [-0.15, -0.1) is 5.10 Å². The molecule has 0 radical (unpaired) electrons. The van der Waals surface area contributed by atoms with Crippen molar-refractivity contribution >= 4 is 17.6 Å². The average Bonchev–Trinajstić information content (AvgIpc) is 2.82. The molecule has 1 aromatic carbocycles. The summed E-state index contributed by atoms with van der Waals surface area (Å²) in [5, 5.41) is 13.3. The lowest BCUT2D eigenvalue weighted by Gasteiger charge is -2.07. The number of rotatable bonds is 4. The van der Waals surface area contributed by atoms with E-state index < -0.39 is 5.97 Å². The predicted octanol–water partition coefficient (Wildman–Crippen LogP) is 2.19. The third-order valence-corrected chi connectivity index (χ3v) is 2.86. The fourth-order valence-electron chi connectivity index (χ4n) is 1.66. The molecule has 0 amide bonds. The number of aryl methyl sites for hydroxylation is 1. The molecule has 7 heteroatoms. The zero-order chi connectivity index (χ0) is 14.0. The highest BCUT2D eigenvalue weighted by Gasteiger charge is 2.16. The molecule has 0 bridgehead atoms. The summed E-state index contributed by atoms with van der Waals surface area (Å²) >= 11 is 6.04. The van der Waals surface area contributed by atoms with E-state index >= 15 is 0 Å². The van der Waals surface area contributed by atoms with Gasteiger partial charge >= 0.3 is 5.97 Å². The summed E-state index contributed by atoms with van der Waals surface area (Å²) in [6.45, 7) is 1.87. The van der Waals surface area contributed by atoms with Crippen LogP contribution in [0.5, 0.6) is 5.75 Å². The maximum absolute atomic E-state index is 10.9. The van der Waals surface area contributed by atoms with E-state index in [9.17, 15) is 4.79 Å². The van der Waals surface area contributed by atoms with Crippen molar-refractivity contribution in [2.75, 3.05) is 7.11 Å². The van der Waals surface area contributed by atoms with Crippen LogP contribution in [0.2, 0.25) is 5.02 Å². The molecule has 0 aliphatic carbocycles. The summed E-state index contributed by atoms with van der Waals surface area (Å²) in [5.74, 6) is -0.294. The first-order valence-electron chi connectivity index (χ1n) is 5.60. The van der Waals surface area contributed by atoms with Gasteiger partial charge in [0.1, 0.15) is 11.6 Å². The highest BCUT2D eigenvalue weighted by atomic mass is 35.5. The Kier molecular flexibility index (Phi) is 3.71. The van der Waals surface area contributed by atoms with E-state index in [1.165, 1.54) is 11.8 Å². The topological polar surface area (TPSA) is 77.2 Å². The van der Waals surface area contributed by atoms with Crippen LogP contribution in [0.1, 0.15) is 23.4 Å². The quantitative estimate of drug-likeness (QED) is 0.929. The Morgan fingerprint density at radius 1 is 1.53 bits per heavy atom. The second-order valence-corrected chi connectivity index (χ2v) is 4.15. The molecule has 0 spiro atoms. The first kappa shape index (κ1) is 13.4. The molecule has 1 N–H and O–H groups in total. The van der Waals surface area contributed by atoms with Gasteiger partial charge in [-0.25, -0.2) is 14.5 Å². The van der Waals surface area contributed by atoms with E-state index in [1.807, 2.05) is 6.92 Å². The largest absolute Gasteiger partial charge is 0.495 e. The Labute approximate surface area is 114 Å². The lowest BCUT2D eigenvalue weighted by Crippen LogP contribution is -2.03. The molecule has 0 unspecified atom stereocenters. The van der Waals surface area contributed by atoms with Crippen LogP contribution < -0.4 is 4.74 Å². The molecule has 2 aromatic rings. The second-order valence-electron chi connectivity index (χ2n) is 3.74. The molecule has 100 valence electrons. The van der Waals surface area contributed by atoms with E-state index in [1.54, 1.807) is 18.2 Å². The lowest BCUT2D eigenvalue weighted by atomic mass is 10.3. The molecule has 0 saturated heterocycles. The van der Waals surface area contributed by atoms with Gasteiger partial charge in [-0.3, -0.25) is 0 Å². The Balaban J connectivity index is 2.51. The molecule has 0 atom stereocenters. The minimum absolute atomic E-state index is 0.233. The molecule has 1 heterocycles. The summed E-state index contributed by atoms with van der Waals surface area (Å²) in [6, 6.07) is 5.09. The van der Waals surface area contributed by atoms with Crippen molar-refractivity contribution in [3.63, 3.8) is 0 Å². The maximum atomic E-state index is 10.9. The van der Waals surface area contributed by atoms with Gasteiger partial charge in [0, 0.05) is 6.42 Å². The van der Waals surface area contributed by atoms with Gasteiger partial charge in [0.05, 0.1) is 17.8 Å². The van der Waals surface area contributed by atoms with Crippen LogP contribution in [0.4, 0.5) is 0 Å². The van der Waals surface area contributed by atoms with Crippen LogP contribution in [-0.4, -0.2) is 33.0 Å².